The SMILES string of the molecule is C[C@@H](C(=O)O)C1C=CC=CC1. The quantitative estimate of drug-likeness (QED) is 0.655. The van der Waals surface area contributed by atoms with Gasteiger partial charge in [-0.05, 0) is 12.3 Å². The number of allylic oxidation sites excluding steroid dienone is 4. The van der Waals surface area contributed by atoms with Crippen molar-refractivity contribution in [2.24, 2.45) is 11.8 Å². The zero-order valence-electron chi connectivity index (χ0n) is 6.53. The summed E-state index contributed by atoms with van der Waals surface area (Å²) >= 11 is 0. The van der Waals surface area contributed by atoms with E-state index in [1.165, 1.54) is 0 Å². The Bertz CT molecular complexity index is 204. The van der Waals surface area contributed by atoms with E-state index in [0.717, 1.165) is 6.42 Å². The lowest BCUT2D eigenvalue weighted by Crippen LogP contribution is -2.19. The van der Waals surface area contributed by atoms with Crippen LogP contribution in [0, 0.1) is 11.8 Å². The van der Waals surface area contributed by atoms with E-state index < -0.39 is 5.97 Å². The molecule has 0 aromatic rings. The molecule has 0 spiro atoms. The molecule has 0 radical (unpaired) electrons. The predicted octanol–water partition coefficient (Wildman–Crippen LogP) is 1.84. The second-order valence-electron chi connectivity index (χ2n) is 2.84. The maximum atomic E-state index is 10.5. The average molecular weight is 152 g/mol. The van der Waals surface area contributed by atoms with Gasteiger partial charge in [-0.2, -0.15) is 0 Å². The van der Waals surface area contributed by atoms with Gasteiger partial charge in [0, 0.05) is 0 Å². The third-order valence-corrected chi connectivity index (χ3v) is 2.05. The first kappa shape index (κ1) is 8.05. The van der Waals surface area contributed by atoms with Gasteiger partial charge in [0.1, 0.15) is 0 Å². The highest BCUT2D eigenvalue weighted by Gasteiger charge is 2.20. The molecule has 1 aliphatic carbocycles. The van der Waals surface area contributed by atoms with Crippen LogP contribution in [-0.2, 0) is 4.79 Å². The Morgan fingerprint density at radius 1 is 1.64 bits per heavy atom. The fourth-order valence-corrected chi connectivity index (χ4v) is 1.15. The van der Waals surface area contributed by atoms with Gasteiger partial charge in [-0.1, -0.05) is 31.2 Å². The van der Waals surface area contributed by atoms with Crippen LogP contribution >= 0.6 is 0 Å². The minimum atomic E-state index is -0.713. The number of aliphatic carboxylic acids is 1. The fraction of sp³-hybridized carbons (Fsp3) is 0.444. The third kappa shape index (κ3) is 1.93. The first-order chi connectivity index (χ1) is 5.22. The monoisotopic (exact) mass is 152 g/mol. The van der Waals surface area contributed by atoms with Crippen LogP contribution in [0.25, 0.3) is 0 Å². The van der Waals surface area contributed by atoms with Crippen molar-refractivity contribution in [1.82, 2.24) is 0 Å². The molecule has 60 valence electrons. The summed E-state index contributed by atoms with van der Waals surface area (Å²) < 4.78 is 0. The van der Waals surface area contributed by atoms with E-state index in [0.29, 0.717) is 0 Å². The first-order valence-corrected chi connectivity index (χ1v) is 3.78. The van der Waals surface area contributed by atoms with Crippen LogP contribution in [0.4, 0.5) is 0 Å². The van der Waals surface area contributed by atoms with Crippen molar-refractivity contribution in [3.8, 4) is 0 Å². The van der Waals surface area contributed by atoms with E-state index in [-0.39, 0.29) is 11.8 Å². The van der Waals surface area contributed by atoms with Gasteiger partial charge in [0.2, 0.25) is 0 Å². The molecule has 2 atom stereocenters. The van der Waals surface area contributed by atoms with Gasteiger partial charge < -0.3 is 5.11 Å². The summed E-state index contributed by atoms with van der Waals surface area (Å²) in [6.45, 7) is 1.75. The zero-order chi connectivity index (χ0) is 8.27. The van der Waals surface area contributed by atoms with Crippen LogP contribution in [0.1, 0.15) is 13.3 Å². The van der Waals surface area contributed by atoms with Crippen LogP contribution in [0.5, 0.6) is 0 Å². The second-order valence-corrected chi connectivity index (χ2v) is 2.84. The van der Waals surface area contributed by atoms with Crippen molar-refractivity contribution in [2.45, 2.75) is 13.3 Å². The number of hydrogen-bond acceptors (Lipinski definition) is 1. The van der Waals surface area contributed by atoms with E-state index >= 15 is 0 Å². The zero-order valence-corrected chi connectivity index (χ0v) is 6.53. The van der Waals surface area contributed by atoms with Gasteiger partial charge in [-0.15, -0.1) is 0 Å². The highest BCUT2D eigenvalue weighted by atomic mass is 16.4. The molecule has 1 rings (SSSR count). The standard InChI is InChI=1S/C9H12O2/c1-7(9(10)11)8-5-3-2-4-6-8/h2-5,7-8H,6H2,1H3,(H,10,11)/t7-,8?/m1/s1. The van der Waals surface area contributed by atoms with Gasteiger partial charge in [-0.25, -0.2) is 0 Å². The van der Waals surface area contributed by atoms with Gasteiger partial charge in [-0.3, -0.25) is 4.79 Å². The highest BCUT2D eigenvalue weighted by molar-refractivity contribution is 5.70. The van der Waals surface area contributed by atoms with Crippen LogP contribution in [0.15, 0.2) is 24.3 Å². The number of carboxylic acid groups (broad SMARTS) is 1. The number of carbonyl (C=O) groups is 1. The van der Waals surface area contributed by atoms with E-state index in [4.69, 9.17) is 5.11 Å². The molecule has 0 aromatic heterocycles. The second kappa shape index (κ2) is 3.37. The average Bonchev–Trinajstić information content (AvgIpc) is 2.05. The van der Waals surface area contributed by atoms with Crippen molar-refractivity contribution in [1.29, 1.82) is 0 Å². The Kier molecular flexibility index (Phi) is 2.47. The Morgan fingerprint density at radius 3 is 2.82 bits per heavy atom. The summed E-state index contributed by atoms with van der Waals surface area (Å²) in [5.74, 6) is -0.802. The molecule has 1 N–H and O–H groups in total. The van der Waals surface area contributed by atoms with Crippen molar-refractivity contribution in [3.63, 3.8) is 0 Å². The number of carboxylic acids is 1. The van der Waals surface area contributed by atoms with Crippen LogP contribution in [0.2, 0.25) is 0 Å². The molecule has 0 amide bonds. The largest absolute Gasteiger partial charge is 0.481 e. The molecule has 0 aromatic carbocycles. The minimum absolute atomic E-state index is 0.178. The number of rotatable bonds is 2. The Balaban J connectivity index is 2.55. The van der Waals surface area contributed by atoms with Crippen molar-refractivity contribution in [2.75, 3.05) is 0 Å². The summed E-state index contributed by atoms with van der Waals surface area (Å²) in [5.41, 5.74) is 0. The minimum Gasteiger partial charge on any atom is -0.481 e. The molecule has 0 heterocycles. The summed E-state index contributed by atoms with van der Waals surface area (Å²) in [6, 6.07) is 0. The molecular weight excluding hydrogens is 140 g/mol. The fourth-order valence-electron chi connectivity index (χ4n) is 1.15. The molecule has 2 heteroatoms. The summed E-state index contributed by atoms with van der Waals surface area (Å²) in [6.07, 6.45) is 8.67. The summed E-state index contributed by atoms with van der Waals surface area (Å²) in [7, 11) is 0. The Morgan fingerprint density at radius 2 is 2.36 bits per heavy atom. The summed E-state index contributed by atoms with van der Waals surface area (Å²) in [5, 5.41) is 8.68. The Labute approximate surface area is 66.2 Å². The number of hydrogen-bond donors (Lipinski definition) is 1. The van der Waals surface area contributed by atoms with Gasteiger partial charge >= 0.3 is 5.97 Å². The first-order valence-electron chi connectivity index (χ1n) is 3.78. The maximum Gasteiger partial charge on any atom is 0.306 e. The predicted molar refractivity (Wildman–Crippen MR) is 43.2 cm³/mol. The molecular formula is C9H12O2. The molecule has 11 heavy (non-hydrogen) atoms. The third-order valence-electron chi connectivity index (χ3n) is 2.05. The van der Waals surface area contributed by atoms with Gasteiger partial charge in [0.15, 0.2) is 0 Å². The molecule has 0 saturated carbocycles. The molecule has 2 nitrogen and oxygen atoms in total. The lowest BCUT2D eigenvalue weighted by atomic mass is 9.88. The van der Waals surface area contributed by atoms with Crippen molar-refractivity contribution < 1.29 is 9.90 Å². The van der Waals surface area contributed by atoms with Gasteiger partial charge in [0.25, 0.3) is 0 Å². The summed E-state index contributed by atoms with van der Waals surface area (Å²) in [4.78, 5) is 10.5. The Hall–Kier alpha value is -1.05. The maximum absolute atomic E-state index is 10.5. The van der Waals surface area contributed by atoms with Crippen LogP contribution in [-0.4, -0.2) is 11.1 Å². The molecule has 0 bridgehead atoms. The molecule has 1 unspecified atom stereocenters. The highest BCUT2D eigenvalue weighted by Crippen LogP contribution is 2.20. The van der Waals surface area contributed by atoms with E-state index in [2.05, 4.69) is 0 Å². The van der Waals surface area contributed by atoms with Crippen molar-refractivity contribution in [3.05, 3.63) is 24.3 Å². The lowest BCUT2D eigenvalue weighted by Gasteiger charge is -2.16. The molecule has 0 fully saturated rings. The molecule has 0 aliphatic heterocycles. The molecule has 0 saturated heterocycles. The topological polar surface area (TPSA) is 37.3 Å². The van der Waals surface area contributed by atoms with Gasteiger partial charge in [0.05, 0.1) is 5.92 Å². The van der Waals surface area contributed by atoms with E-state index in [9.17, 15) is 4.79 Å². The van der Waals surface area contributed by atoms with Crippen molar-refractivity contribution >= 4 is 5.97 Å². The molecule has 1 aliphatic rings. The van der Waals surface area contributed by atoms with Crippen LogP contribution < -0.4 is 0 Å². The normalized spacial score (nSPS) is 25.0. The van der Waals surface area contributed by atoms with Crippen LogP contribution in [0.3, 0.4) is 0 Å². The van der Waals surface area contributed by atoms with E-state index in [1.54, 1.807) is 6.92 Å². The van der Waals surface area contributed by atoms with E-state index in [1.807, 2.05) is 24.3 Å². The lowest BCUT2D eigenvalue weighted by molar-refractivity contribution is -0.142. The smallest absolute Gasteiger partial charge is 0.306 e.